The Balaban J connectivity index is 1.32. The highest BCUT2D eigenvalue weighted by molar-refractivity contribution is 7.00. The fraction of sp³-hybridized carbons (Fsp3) is 0.368. The van der Waals surface area contributed by atoms with Gasteiger partial charge in [0.25, 0.3) is 6.71 Å². The molecule has 3 nitrogen and oxygen atoms in total. The molecular weight excluding hydrogens is 739 g/mol. The van der Waals surface area contributed by atoms with Gasteiger partial charge in [-0.2, -0.15) is 0 Å². The van der Waals surface area contributed by atoms with Gasteiger partial charge in [0, 0.05) is 44.9 Å². The Labute approximate surface area is 364 Å². The third kappa shape index (κ3) is 5.42. The minimum Gasteiger partial charge on any atom is -0.456 e. The molecule has 0 atom stereocenters. The zero-order valence-corrected chi connectivity index (χ0v) is 38.7. The lowest BCUT2D eigenvalue weighted by Gasteiger charge is -2.47. The van der Waals surface area contributed by atoms with Crippen LogP contribution in [0.25, 0.3) is 21.9 Å². The van der Waals surface area contributed by atoms with Crippen molar-refractivity contribution in [3.8, 4) is 0 Å². The van der Waals surface area contributed by atoms with Gasteiger partial charge in [0.05, 0.1) is 0 Å². The van der Waals surface area contributed by atoms with E-state index in [1.807, 2.05) is 0 Å². The monoisotopic (exact) mass is 800 g/mol. The Bertz CT molecular complexity index is 3040. The lowest BCUT2D eigenvalue weighted by molar-refractivity contribution is 0.332. The van der Waals surface area contributed by atoms with Gasteiger partial charge in [0.15, 0.2) is 0 Å². The third-order valence-corrected chi connectivity index (χ3v) is 15.7. The summed E-state index contributed by atoms with van der Waals surface area (Å²) in [4.78, 5) is 5.32. The molecule has 0 bridgehead atoms. The molecule has 3 heterocycles. The molecule has 0 radical (unpaired) electrons. The maximum atomic E-state index is 6.76. The fourth-order valence-corrected chi connectivity index (χ4v) is 12.4. The fourth-order valence-electron chi connectivity index (χ4n) is 12.4. The van der Waals surface area contributed by atoms with E-state index in [-0.39, 0.29) is 33.8 Å². The Morgan fingerprint density at radius 3 is 1.70 bits per heavy atom. The van der Waals surface area contributed by atoms with Crippen LogP contribution in [0.15, 0.2) is 101 Å². The summed E-state index contributed by atoms with van der Waals surface area (Å²) in [5, 5.41) is 2.32. The molecular formula is C57H61BN2O. The van der Waals surface area contributed by atoms with Gasteiger partial charge in [-0.05, 0) is 164 Å². The number of para-hydroxylation sites is 2. The predicted octanol–water partition coefficient (Wildman–Crippen LogP) is 13.9. The van der Waals surface area contributed by atoms with Crippen molar-refractivity contribution in [2.75, 3.05) is 9.80 Å². The first kappa shape index (κ1) is 38.7. The summed E-state index contributed by atoms with van der Waals surface area (Å²) in [6.07, 6.45) is 3.50. The van der Waals surface area contributed by atoms with Gasteiger partial charge >= 0.3 is 0 Å². The maximum Gasteiger partial charge on any atom is 0.252 e. The summed E-state index contributed by atoms with van der Waals surface area (Å²) in [6, 6.07) is 37.9. The number of furan rings is 1. The molecule has 0 fully saturated rings. The molecule has 0 unspecified atom stereocenters. The molecule has 11 rings (SSSR count). The van der Waals surface area contributed by atoms with Crippen LogP contribution in [0.3, 0.4) is 0 Å². The molecule has 7 aromatic rings. The van der Waals surface area contributed by atoms with Crippen molar-refractivity contribution in [2.45, 2.75) is 136 Å². The van der Waals surface area contributed by atoms with Crippen LogP contribution in [0.2, 0.25) is 0 Å². The number of hydrogen-bond acceptors (Lipinski definition) is 3. The molecule has 0 N–H and O–H groups in total. The third-order valence-electron chi connectivity index (χ3n) is 15.7. The van der Waals surface area contributed by atoms with Crippen molar-refractivity contribution in [3.05, 3.63) is 136 Å². The number of rotatable bonds is 2. The van der Waals surface area contributed by atoms with E-state index >= 15 is 0 Å². The highest BCUT2D eigenvalue weighted by Crippen LogP contribution is 2.55. The lowest BCUT2D eigenvalue weighted by atomic mass is 9.33. The minimum atomic E-state index is -0.101. The topological polar surface area (TPSA) is 19.6 Å². The first-order chi connectivity index (χ1) is 28.7. The Morgan fingerprint density at radius 1 is 0.492 bits per heavy atom. The highest BCUT2D eigenvalue weighted by Gasteiger charge is 2.49. The number of hydrogen-bond donors (Lipinski definition) is 0. The second-order valence-electron chi connectivity index (χ2n) is 22.9. The van der Waals surface area contributed by atoms with E-state index in [1.165, 1.54) is 102 Å². The molecule has 0 saturated heterocycles. The molecule has 0 amide bonds. The van der Waals surface area contributed by atoms with Crippen LogP contribution in [-0.4, -0.2) is 6.71 Å². The minimum absolute atomic E-state index is 0.00345. The summed E-state index contributed by atoms with van der Waals surface area (Å²) >= 11 is 0. The van der Waals surface area contributed by atoms with Crippen LogP contribution in [0.1, 0.15) is 134 Å². The van der Waals surface area contributed by atoms with E-state index in [9.17, 15) is 0 Å². The van der Waals surface area contributed by atoms with Crippen molar-refractivity contribution in [1.82, 2.24) is 0 Å². The van der Waals surface area contributed by atoms with Gasteiger partial charge in [-0.3, -0.25) is 0 Å². The van der Waals surface area contributed by atoms with Crippen molar-refractivity contribution >= 4 is 79.2 Å². The summed E-state index contributed by atoms with van der Waals surface area (Å²) in [6.45, 7) is 31.5. The molecule has 4 heteroatoms. The summed E-state index contributed by atoms with van der Waals surface area (Å²) in [7, 11) is 0. The van der Waals surface area contributed by atoms with E-state index < -0.39 is 0 Å². The predicted molar refractivity (Wildman–Crippen MR) is 262 cm³/mol. The standard InChI is InChI=1S/C57H61BN2O/c1-33-18-14-16-20-44(33)59-46-27-37-36-19-15-17-21-50(36)61-51(37)31-43(46)58-42-28-39-41(57(12,13)32-56(39,10)11)30-47(42)60(49-26-35(53(3,4)5)25-48(59)52(49)58)45-29-40-38(24-34(45)2)54(6,7)22-23-55(40,8)9/h14-21,24-31H,22-23,32H2,1-13H3. The van der Waals surface area contributed by atoms with E-state index in [4.69, 9.17) is 4.42 Å². The lowest BCUT2D eigenvalue weighted by Crippen LogP contribution is -2.61. The van der Waals surface area contributed by atoms with Gasteiger partial charge in [-0.25, -0.2) is 0 Å². The Morgan fingerprint density at radius 2 is 1.03 bits per heavy atom. The van der Waals surface area contributed by atoms with E-state index in [0.29, 0.717) is 0 Å². The summed E-state index contributed by atoms with van der Waals surface area (Å²) in [5.41, 5.74) is 23.7. The van der Waals surface area contributed by atoms with Gasteiger partial charge in [-0.1, -0.05) is 125 Å². The van der Waals surface area contributed by atoms with Crippen LogP contribution < -0.4 is 26.2 Å². The molecule has 2 aliphatic heterocycles. The van der Waals surface area contributed by atoms with Crippen LogP contribution >= 0.6 is 0 Å². The molecule has 1 aromatic heterocycles. The quantitative estimate of drug-likeness (QED) is 0.162. The van der Waals surface area contributed by atoms with Crippen LogP contribution in [0.4, 0.5) is 34.1 Å². The maximum absolute atomic E-state index is 6.76. The smallest absolute Gasteiger partial charge is 0.252 e. The second kappa shape index (κ2) is 12.2. The van der Waals surface area contributed by atoms with Gasteiger partial charge in [0.1, 0.15) is 11.2 Å². The molecule has 4 aliphatic rings. The zero-order valence-electron chi connectivity index (χ0n) is 38.7. The van der Waals surface area contributed by atoms with E-state index in [1.54, 1.807) is 0 Å². The van der Waals surface area contributed by atoms with Crippen molar-refractivity contribution in [2.24, 2.45) is 0 Å². The number of nitrogens with zero attached hydrogens (tertiary/aromatic N) is 2. The molecule has 0 spiro atoms. The Hall–Kier alpha value is -5.22. The molecule has 61 heavy (non-hydrogen) atoms. The largest absolute Gasteiger partial charge is 0.456 e. The van der Waals surface area contributed by atoms with Crippen LogP contribution in [-0.2, 0) is 27.1 Å². The van der Waals surface area contributed by atoms with Crippen molar-refractivity contribution in [3.63, 3.8) is 0 Å². The molecule has 6 aromatic carbocycles. The van der Waals surface area contributed by atoms with Crippen LogP contribution in [0.5, 0.6) is 0 Å². The van der Waals surface area contributed by atoms with Crippen molar-refractivity contribution < 1.29 is 4.42 Å². The summed E-state index contributed by atoms with van der Waals surface area (Å²) < 4.78 is 6.76. The second-order valence-corrected chi connectivity index (χ2v) is 22.9. The molecule has 308 valence electrons. The first-order valence-electron chi connectivity index (χ1n) is 22.8. The normalized spacial score (nSPS) is 18.8. The molecule has 0 saturated carbocycles. The average Bonchev–Trinajstić information content (AvgIpc) is 3.64. The highest BCUT2D eigenvalue weighted by atomic mass is 16.3. The van der Waals surface area contributed by atoms with Crippen molar-refractivity contribution in [1.29, 1.82) is 0 Å². The number of anilines is 6. The van der Waals surface area contributed by atoms with Gasteiger partial charge in [0.2, 0.25) is 0 Å². The van der Waals surface area contributed by atoms with Crippen LogP contribution in [0, 0.1) is 13.8 Å². The average molecular weight is 801 g/mol. The SMILES string of the molecule is Cc1ccccc1N1c2cc3c(cc2B2c4cc5c(cc4N(c4cc6c(cc4C)C(C)(C)CCC6(C)C)c4cc(C(C)(C)C)cc1c42)C(C)(C)CC5(C)C)oc1ccccc13. The molecule has 2 aliphatic carbocycles. The zero-order chi connectivity index (χ0) is 42.9. The number of fused-ring (bicyclic) bond motifs is 9. The number of aryl methyl sites for hydroxylation is 2. The van der Waals surface area contributed by atoms with E-state index in [2.05, 4.69) is 197 Å². The van der Waals surface area contributed by atoms with Gasteiger partial charge in [-0.15, -0.1) is 0 Å². The van der Waals surface area contributed by atoms with Gasteiger partial charge < -0.3 is 14.2 Å². The number of benzene rings is 6. The summed E-state index contributed by atoms with van der Waals surface area (Å²) in [5.74, 6) is 0. The Kier molecular flexibility index (Phi) is 7.76. The van der Waals surface area contributed by atoms with E-state index in [0.717, 1.165) is 28.4 Å². The first-order valence-corrected chi connectivity index (χ1v) is 22.8.